The second-order valence-corrected chi connectivity index (χ2v) is 10.9. The Balaban J connectivity index is 2.10. The Morgan fingerprint density at radius 3 is 2.53 bits per heavy atom. The fourth-order valence-electron chi connectivity index (χ4n) is 3.25. The van der Waals surface area contributed by atoms with Crippen LogP contribution in [0.4, 0.5) is 11.4 Å². The van der Waals surface area contributed by atoms with E-state index in [0.29, 0.717) is 29.8 Å². The molecule has 0 saturated heterocycles. The number of benzene rings is 2. The van der Waals surface area contributed by atoms with Crippen molar-refractivity contribution in [3.8, 4) is 5.75 Å². The Labute approximate surface area is 220 Å². The lowest BCUT2D eigenvalue weighted by molar-refractivity contribution is -0.109. The predicted molar refractivity (Wildman–Crippen MR) is 156 cm³/mol. The predicted octanol–water partition coefficient (Wildman–Crippen LogP) is 4.21. The van der Waals surface area contributed by atoms with Gasteiger partial charge in [0.2, 0.25) is 6.41 Å². The third kappa shape index (κ3) is 10.4. The molecule has 0 heterocycles. The van der Waals surface area contributed by atoms with Crippen LogP contribution >= 0.6 is 19.5 Å². The number of nitrogens with zero attached hydrogens (tertiary/aromatic N) is 2. The number of aliphatic imine (C=N–C) groups is 2. The lowest BCUT2D eigenvalue weighted by Gasteiger charge is -2.18. The van der Waals surface area contributed by atoms with Crippen LogP contribution in [0.5, 0.6) is 5.75 Å². The van der Waals surface area contributed by atoms with Crippen LogP contribution < -0.4 is 31.3 Å². The van der Waals surface area contributed by atoms with E-state index in [1.165, 1.54) is 11.5 Å². The van der Waals surface area contributed by atoms with Crippen molar-refractivity contribution in [1.29, 1.82) is 0 Å². The van der Waals surface area contributed by atoms with Crippen molar-refractivity contribution in [1.82, 2.24) is 10.6 Å². The molecule has 0 aromatic heterocycles. The van der Waals surface area contributed by atoms with E-state index in [-0.39, 0.29) is 14.0 Å². The highest BCUT2D eigenvalue weighted by atomic mass is 35.5. The summed E-state index contributed by atoms with van der Waals surface area (Å²) < 4.78 is 5.89. The summed E-state index contributed by atoms with van der Waals surface area (Å²) in [5, 5.41) is 14.2. The number of anilines is 2. The lowest BCUT2D eigenvalue weighted by Crippen LogP contribution is -2.21. The molecule has 194 valence electrons. The molecule has 0 aliphatic heterocycles. The van der Waals surface area contributed by atoms with Crippen molar-refractivity contribution in [2.75, 3.05) is 49.8 Å². The van der Waals surface area contributed by atoms with Crippen LogP contribution in [0, 0.1) is 0 Å². The van der Waals surface area contributed by atoms with E-state index in [0.717, 1.165) is 36.7 Å². The zero-order chi connectivity index (χ0) is 26.2. The molecule has 2 rings (SSSR count). The minimum atomic E-state index is -0.362. The van der Waals surface area contributed by atoms with Crippen molar-refractivity contribution >= 4 is 55.2 Å². The summed E-state index contributed by atoms with van der Waals surface area (Å²) in [6, 6.07) is 16.0. The maximum atomic E-state index is 10.6. The zero-order valence-corrected chi connectivity index (χ0v) is 22.8. The van der Waals surface area contributed by atoms with E-state index >= 15 is 0 Å². The second kappa shape index (κ2) is 16.7. The molecule has 1 amide bonds. The third-order valence-corrected chi connectivity index (χ3v) is 7.76. The van der Waals surface area contributed by atoms with Crippen LogP contribution in [-0.2, 0) is 4.79 Å². The summed E-state index contributed by atoms with van der Waals surface area (Å²) in [7, 11) is 1.59. The van der Waals surface area contributed by atoms with Crippen molar-refractivity contribution in [3.05, 3.63) is 59.8 Å². The number of ether oxygens (including phenoxy) is 1. The lowest BCUT2D eigenvalue weighted by atomic mass is 10.3. The largest absolute Gasteiger partial charge is 0.489 e. The molecule has 0 saturated carbocycles. The number of nitrogens with one attached hydrogen (secondary N) is 4. The van der Waals surface area contributed by atoms with Crippen LogP contribution in [0.15, 0.2) is 69.7 Å². The number of halogens is 1. The van der Waals surface area contributed by atoms with Crippen LogP contribution in [0.25, 0.3) is 0 Å². The molecule has 0 spiro atoms. The highest BCUT2D eigenvalue weighted by Gasteiger charge is 2.12. The van der Waals surface area contributed by atoms with Crippen LogP contribution in [0.2, 0.25) is 0 Å². The SMILES string of the molecule is C=N/C=C(Cl)\C(=N/CNc1ccc(P(CCNC)CCNC=O)cc1)Nc1ccccc1OC(C)C. The highest BCUT2D eigenvalue weighted by Crippen LogP contribution is 2.33. The maximum absolute atomic E-state index is 10.6. The van der Waals surface area contributed by atoms with Gasteiger partial charge in [0.15, 0.2) is 0 Å². The molecule has 4 N–H and O–H groups in total. The zero-order valence-electron chi connectivity index (χ0n) is 21.1. The Morgan fingerprint density at radius 1 is 1.14 bits per heavy atom. The summed E-state index contributed by atoms with van der Waals surface area (Å²) in [6.07, 6.45) is 4.24. The van der Waals surface area contributed by atoms with Gasteiger partial charge in [-0.05, 0) is 76.1 Å². The number of rotatable bonds is 16. The Kier molecular flexibility index (Phi) is 13.6. The normalized spacial score (nSPS) is 12.7. The molecule has 8 nitrogen and oxygen atoms in total. The Morgan fingerprint density at radius 2 is 1.86 bits per heavy atom. The van der Waals surface area contributed by atoms with Gasteiger partial charge in [-0.2, -0.15) is 0 Å². The van der Waals surface area contributed by atoms with Gasteiger partial charge in [-0.25, -0.2) is 4.99 Å². The second-order valence-electron chi connectivity index (χ2n) is 8.00. The fourth-order valence-corrected chi connectivity index (χ4v) is 5.62. The average molecular weight is 531 g/mol. The van der Waals surface area contributed by atoms with Gasteiger partial charge in [-0.1, -0.05) is 43.8 Å². The van der Waals surface area contributed by atoms with Crippen LogP contribution in [0.1, 0.15) is 13.8 Å². The molecule has 0 aliphatic rings. The third-order valence-electron chi connectivity index (χ3n) is 4.93. The van der Waals surface area contributed by atoms with E-state index < -0.39 is 0 Å². The minimum absolute atomic E-state index is 0.0272. The first kappa shape index (κ1) is 29.3. The molecular formula is C26H36ClN6O2P. The van der Waals surface area contributed by atoms with E-state index in [1.54, 1.807) is 0 Å². The summed E-state index contributed by atoms with van der Waals surface area (Å²) >= 11 is 6.42. The molecular weight excluding hydrogens is 495 g/mol. The highest BCUT2D eigenvalue weighted by molar-refractivity contribution is 7.65. The number of hydrogen-bond acceptors (Lipinski definition) is 6. The molecule has 1 atom stereocenters. The van der Waals surface area contributed by atoms with Crippen molar-refractivity contribution in [3.63, 3.8) is 0 Å². The smallest absolute Gasteiger partial charge is 0.207 e. The van der Waals surface area contributed by atoms with Gasteiger partial charge in [0.25, 0.3) is 0 Å². The summed E-state index contributed by atoms with van der Waals surface area (Å²) in [4.78, 5) is 19.0. The van der Waals surface area contributed by atoms with Gasteiger partial charge in [0.05, 0.1) is 11.8 Å². The summed E-state index contributed by atoms with van der Waals surface area (Å²) in [5.41, 5.74) is 1.70. The number of amides is 1. The fraction of sp³-hybridized carbons (Fsp3) is 0.346. The van der Waals surface area contributed by atoms with E-state index in [2.05, 4.69) is 50.1 Å². The molecule has 2 aromatic carbocycles. The van der Waals surface area contributed by atoms with Crippen molar-refractivity contribution in [2.24, 2.45) is 9.98 Å². The quantitative estimate of drug-likeness (QED) is 0.0857. The number of hydrogen-bond donors (Lipinski definition) is 4. The van der Waals surface area contributed by atoms with Gasteiger partial charge in [-0.3, -0.25) is 9.79 Å². The van der Waals surface area contributed by atoms with Gasteiger partial charge < -0.3 is 26.0 Å². The topological polar surface area (TPSA) is 99.1 Å². The van der Waals surface area contributed by atoms with Crippen LogP contribution in [0.3, 0.4) is 0 Å². The first-order valence-corrected chi connectivity index (χ1v) is 13.9. The monoisotopic (exact) mass is 530 g/mol. The van der Waals surface area contributed by atoms with Crippen LogP contribution in [-0.4, -0.2) is 64.2 Å². The minimum Gasteiger partial charge on any atom is -0.489 e. The number of amidine groups is 1. The number of para-hydroxylation sites is 2. The number of carbonyl (C=O) groups excluding carboxylic acids is 1. The van der Waals surface area contributed by atoms with E-state index in [9.17, 15) is 4.79 Å². The molecule has 2 aromatic rings. The summed E-state index contributed by atoms with van der Waals surface area (Å²) in [5.74, 6) is 1.16. The van der Waals surface area contributed by atoms with E-state index in [4.69, 9.17) is 16.3 Å². The van der Waals surface area contributed by atoms with E-state index in [1.807, 2.05) is 57.3 Å². The molecule has 36 heavy (non-hydrogen) atoms. The molecule has 10 heteroatoms. The molecule has 0 aliphatic carbocycles. The van der Waals surface area contributed by atoms with Gasteiger partial charge in [-0.15, -0.1) is 0 Å². The van der Waals surface area contributed by atoms with Crippen molar-refractivity contribution < 1.29 is 9.53 Å². The first-order valence-electron chi connectivity index (χ1n) is 11.8. The van der Waals surface area contributed by atoms with Gasteiger partial charge >= 0.3 is 0 Å². The molecule has 0 radical (unpaired) electrons. The Bertz CT molecular complexity index is 1010. The number of carbonyl (C=O) groups is 1. The Hall–Kier alpha value is -2.93. The van der Waals surface area contributed by atoms with Crippen molar-refractivity contribution in [2.45, 2.75) is 20.0 Å². The standard InChI is InChI=1S/C26H36ClN6O2P/c1-20(2)35-25-8-6-5-7-24(25)33-26(23(27)17-29-4)32-18-31-21-9-11-22(12-10-21)36(15-13-28-3)16-14-30-19-34/h5-12,17,19-20,28,31H,4,13-16,18H2,1-3H3,(H,30,34)(H,32,33)/b23-17+. The average Bonchev–Trinajstić information content (AvgIpc) is 2.87. The van der Waals surface area contributed by atoms with Gasteiger partial charge in [0.1, 0.15) is 23.3 Å². The summed E-state index contributed by atoms with van der Waals surface area (Å²) in [6.45, 7) is 9.35. The molecule has 0 fully saturated rings. The molecule has 1 unspecified atom stereocenters. The molecule has 0 bridgehead atoms. The first-order chi connectivity index (χ1) is 17.5. The van der Waals surface area contributed by atoms with Gasteiger partial charge in [0, 0.05) is 18.4 Å². The maximum Gasteiger partial charge on any atom is 0.207 e.